The Hall–Kier alpha value is -2.34. The molecule has 0 aliphatic carbocycles. The lowest BCUT2D eigenvalue weighted by Crippen LogP contribution is -2.27. The molecule has 0 aromatic heterocycles. The van der Waals surface area contributed by atoms with E-state index in [-0.39, 0.29) is 5.91 Å². The van der Waals surface area contributed by atoms with Crippen molar-refractivity contribution in [3.8, 4) is 0 Å². The fraction of sp³-hybridized carbons (Fsp3) is 0.278. The molecule has 6 heteroatoms. The standard InChI is InChI=1S/C18H22N2O3S/c1-20(24(2,22)23)17-12-6-11-16(14-17)18(21)19-13-7-10-15-8-4-3-5-9-15/h3-6,8-9,11-12,14H,7,10,13H2,1-2H3,(H,19,21). The summed E-state index contributed by atoms with van der Waals surface area (Å²) in [5.41, 5.74) is 2.15. The lowest BCUT2D eigenvalue weighted by Gasteiger charge is -2.17. The van der Waals surface area contributed by atoms with Crippen LogP contribution in [0.15, 0.2) is 54.6 Å². The molecule has 0 spiro atoms. The van der Waals surface area contributed by atoms with Gasteiger partial charge in [-0.15, -0.1) is 0 Å². The van der Waals surface area contributed by atoms with Crippen molar-refractivity contribution in [2.75, 3.05) is 24.2 Å². The molecule has 0 saturated heterocycles. The molecule has 0 fully saturated rings. The Morgan fingerprint density at radius 2 is 1.79 bits per heavy atom. The second-order valence-electron chi connectivity index (χ2n) is 5.63. The first-order valence-electron chi connectivity index (χ1n) is 7.74. The molecule has 0 radical (unpaired) electrons. The van der Waals surface area contributed by atoms with Crippen LogP contribution in [0.1, 0.15) is 22.3 Å². The van der Waals surface area contributed by atoms with Gasteiger partial charge in [-0.05, 0) is 36.6 Å². The number of nitrogens with one attached hydrogen (secondary N) is 1. The van der Waals surface area contributed by atoms with Crippen LogP contribution in [-0.2, 0) is 16.4 Å². The highest BCUT2D eigenvalue weighted by Crippen LogP contribution is 2.17. The van der Waals surface area contributed by atoms with Gasteiger partial charge in [0.1, 0.15) is 0 Å². The van der Waals surface area contributed by atoms with E-state index in [4.69, 9.17) is 0 Å². The predicted octanol–water partition coefficient (Wildman–Crippen LogP) is 2.45. The molecule has 0 aliphatic heterocycles. The van der Waals surface area contributed by atoms with E-state index in [1.165, 1.54) is 12.6 Å². The third kappa shape index (κ3) is 5.09. The van der Waals surface area contributed by atoms with E-state index < -0.39 is 10.0 Å². The van der Waals surface area contributed by atoms with Crippen molar-refractivity contribution < 1.29 is 13.2 Å². The number of hydrogen-bond acceptors (Lipinski definition) is 3. The van der Waals surface area contributed by atoms with Crippen LogP contribution in [0.2, 0.25) is 0 Å². The fourth-order valence-electron chi connectivity index (χ4n) is 2.28. The van der Waals surface area contributed by atoms with Crippen LogP contribution < -0.4 is 9.62 Å². The molecule has 0 saturated carbocycles. The van der Waals surface area contributed by atoms with Crippen molar-refractivity contribution in [2.24, 2.45) is 0 Å². The first-order valence-corrected chi connectivity index (χ1v) is 9.59. The molecule has 0 heterocycles. The van der Waals surface area contributed by atoms with Gasteiger partial charge >= 0.3 is 0 Å². The minimum absolute atomic E-state index is 0.202. The number of benzene rings is 2. The average Bonchev–Trinajstić information content (AvgIpc) is 2.58. The maximum absolute atomic E-state index is 12.2. The highest BCUT2D eigenvalue weighted by atomic mass is 32.2. The Morgan fingerprint density at radius 1 is 1.08 bits per heavy atom. The number of amides is 1. The Kier molecular flexibility index (Phi) is 5.98. The van der Waals surface area contributed by atoms with Gasteiger partial charge in [0.2, 0.25) is 10.0 Å². The minimum Gasteiger partial charge on any atom is -0.352 e. The van der Waals surface area contributed by atoms with Gasteiger partial charge in [-0.25, -0.2) is 8.42 Å². The number of anilines is 1. The summed E-state index contributed by atoms with van der Waals surface area (Å²) >= 11 is 0. The van der Waals surface area contributed by atoms with E-state index in [0.29, 0.717) is 17.8 Å². The SMILES string of the molecule is CN(c1cccc(C(=O)NCCCc2ccccc2)c1)S(C)(=O)=O. The van der Waals surface area contributed by atoms with Crippen LogP contribution in [0, 0.1) is 0 Å². The largest absolute Gasteiger partial charge is 0.352 e. The van der Waals surface area contributed by atoms with Crippen molar-refractivity contribution in [1.82, 2.24) is 5.32 Å². The van der Waals surface area contributed by atoms with Gasteiger partial charge in [-0.1, -0.05) is 36.4 Å². The molecule has 2 aromatic rings. The van der Waals surface area contributed by atoms with Crippen LogP contribution in [0.25, 0.3) is 0 Å². The molecular formula is C18H22N2O3S. The summed E-state index contributed by atoms with van der Waals surface area (Å²) in [6, 6.07) is 16.7. The van der Waals surface area contributed by atoms with Crippen LogP contribution in [0.3, 0.4) is 0 Å². The average molecular weight is 346 g/mol. The topological polar surface area (TPSA) is 66.5 Å². The van der Waals surface area contributed by atoms with Gasteiger partial charge in [0, 0.05) is 19.2 Å². The third-order valence-electron chi connectivity index (χ3n) is 3.74. The van der Waals surface area contributed by atoms with E-state index in [1.807, 2.05) is 18.2 Å². The van der Waals surface area contributed by atoms with E-state index in [0.717, 1.165) is 23.4 Å². The van der Waals surface area contributed by atoms with Crippen molar-refractivity contribution in [3.63, 3.8) is 0 Å². The summed E-state index contributed by atoms with van der Waals surface area (Å²) in [5.74, 6) is -0.202. The van der Waals surface area contributed by atoms with Gasteiger partial charge in [-0.2, -0.15) is 0 Å². The molecular weight excluding hydrogens is 324 g/mol. The Labute approximate surface area is 143 Å². The van der Waals surface area contributed by atoms with E-state index in [1.54, 1.807) is 24.3 Å². The number of carbonyl (C=O) groups is 1. The Bertz CT molecular complexity index is 789. The van der Waals surface area contributed by atoms with Crippen molar-refractivity contribution in [1.29, 1.82) is 0 Å². The maximum atomic E-state index is 12.2. The van der Waals surface area contributed by atoms with Crippen LogP contribution in [0.4, 0.5) is 5.69 Å². The molecule has 2 aromatic carbocycles. The third-order valence-corrected chi connectivity index (χ3v) is 4.95. The smallest absolute Gasteiger partial charge is 0.251 e. The molecule has 2 rings (SSSR count). The van der Waals surface area contributed by atoms with Crippen LogP contribution in [0.5, 0.6) is 0 Å². The van der Waals surface area contributed by atoms with Gasteiger partial charge < -0.3 is 5.32 Å². The van der Waals surface area contributed by atoms with Crippen molar-refractivity contribution >= 4 is 21.6 Å². The number of carbonyl (C=O) groups excluding carboxylic acids is 1. The number of hydrogen-bond donors (Lipinski definition) is 1. The number of aryl methyl sites for hydroxylation is 1. The summed E-state index contributed by atoms with van der Waals surface area (Å²) in [5, 5.41) is 2.87. The molecule has 0 unspecified atom stereocenters. The number of rotatable bonds is 7. The number of sulfonamides is 1. The lowest BCUT2D eigenvalue weighted by atomic mass is 10.1. The summed E-state index contributed by atoms with van der Waals surface area (Å²) in [4.78, 5) is 12.2. The van der Waals surface area contributed by atoms with Gasteiger partial charge in [0.25, 0.3) is 5.91 Å². The van der Waals surface area contributed by atoms with Crippen molar-refractivity contribution in [3.05, 3.63) is 65.7 Å². The highest BCUT2D eigenvalue weighted by Gasteiger charge is 2.13. The zero-order valence-corrected chi connectivity index (χ0v) is 14.7. The summed E-state index contributed by atoms with van der Waals surface area (Å²) in [6.45, 7) is 0.569. The normalized spacial score (nSPS) is 11.1. The quantitative estimate of drug-likeness (QED) is 0.783. The second kappa shape index (κ2) is 7.97. The number of nitrogens with zero attached hydrogens (tertiary/aromatic N) is 1. The zero-order valence-electron chi connectivity index (χ0n) is 13.9. The monoisotopic (exact) mass is 346 g/mol. The highest BCUT2D eigenvalue weighted by molar-refractivity contribution is 7.92. The second-order valence-corrected chi connectivity index (χ2v) is 7.64. The van der Waals surface area contributed by atoms with E-state index in [9.17, 15) is 13.2 Å². The maximum Gasteiger partial charge on any atom is 0.251 e. The Balaban J connectivity index is 1.91. The molecule has 128 valence electrons. The Morgan fingerprint density at radius 3 is 2.46 bits per heavy atom. The van der Waals surface area contributed by atoms with E-state index >= 15 is 0 Å². The molecule has 5 nitrogen and oxygen atoms in total. The molecule has 24 heavy (non-hydrogen) atoms. The first kappa shape index (κ1) is 18.0. The summed E-state index contributed by atoms with van der Waals surface area (Å²) in [6.07, 6.45) is 2.87. The molecule has 0 atom stereocenters. The predicted molar refractivity (Wildman–Crippen MR) is 96.8 cm³/mol. The molecule has 1 N–H and O–H groups in total. The molecule has 1 amide bonds. The fourth-order valence-corrected chi connectivity index (χ4v) is 2.77. The zero-order chi connectivity index (χ0) is 17.6. The molecule has 0 bridgehead atoms. The van der Waals surface area contributed by atoms with Gasteiger partial charge in [0.15, 0.2) is 0 Å². The van der Waals surface area contributed by atoms with Crippen LogP contribution in [-0.4, -0.2) is 34.2 Å². The first-order chi connectivity index (χ1) is 11.4. The van der Waals surface area contributed by atoms with E-state index in [2.05, 4.69) is 17.4 Å². The minimum atomic E-state index is -3.35. The summed E-state index contributed by atoms with van der Waals surface area (Å²) in [7, 11) is -1.88. The lowest BCUT2D eigenvalue weighted by molar-refractivity contribution is 0.0953. The molecule has 0 aliphatic rings. The van der Waals surface area contributed by atoms with Gasteiger partial charge in [-0.3, -0.25) is 9.10 Å². The summed E-state index contributed by atoms with van der Waals surface area (Å²) < 4.78 is 24.3. The van der Waals surface area contributed by atoms with Crippen molar-refractivity contribution in [2.45, 2.75) is 12.8 Å². The van der Waals surface area contributed by atoms with Crippen LogP contribution >= 0.6 is 0 Å². The van der Waals surface area contributed by atoms with Gasteiger partial charge in [0.05, 0.1) is 11.9 Å².